The predicted molar refractivity (Wildman–Crippen MR) is 121 cm³/mol. The zero-order chi connectivity index (χ0) is 23.5. The second-order valence-corrected chi connectivity index (χ2v) is 11.9. The van der Waals surface area contributed by atoms with Gasteiger partial charge in [-0.05, 0) is 54.8 Å². The number of ether oxygens (including phenoxy) is 1. The van der Waals surface area contributed by atoms with Crippen LogP contribution in [0.2, 0.25) is 0 Å². The maximum atomic E-state index is 13.4. The third-order valence-corrected chi connectivity index (χ3v) is 9.40. The van der Waals surface area contributed by atoms with Crippen LogP contribution < -0.4 is 4.72 Å². The topological polar surface area (TPSA) is 96.0 Å². The number of hydrogen-bond donors (Lipinski definition) is 1. The van der Waals surface area contributed by atoms with E-state index in [4.69, 9.17) is 4.74 Å². The maximum absolute atomic E-state index is 13.4. The molecule has 2 aromatic carbocycles. The summed E-state index contributed by atoms with van der Waals surface area (Å²) in [6.45, 7) is 3.39. The molecule has 0 bridgehead atoms. The minimum Gasteiger partial charge on any atom is -0.379 e. The molecule has 8 nitrogen and oxygen atoms in total. The van der Waals surface area contributed by atoms with Gasteiger partial charge in [0.2, 0.25) is 20.0 Å². The molecular formula is C22H28FN3O5S2. The first-order chi connectivity index (χ1) is 15.8. The highest BCUT2D eigenvalue weighted by Crippen LogP contribution is 2.24. The molecule has 1 N–H and O–H groups in total. The lowest BCUT2D eigenvalue weighted by Crippen LogP contribution is -2.43. The molecule has 33 heavy (non-hydrogen) atoms. The van der Waals surface area contributed by atoms with Crippen molar-refractivity contribution in [1.29, 1.82) is 0 Å². The summed E-state index contributed by atoms with van der Waals surface area (Å²) >= 11 is 0. The van der Waals surface area contributed by atoms with Gasteiger partial charge in [0.15, 0.2) is 0 Å². The van der Waals surface area contributed by atoms with Crippen LogP contribution in [0.4, 0.5) is 4.39 Å². The minimum absolute atomic E-state index is 0.0114. The van der Waals surface area contributed by atoms with Crippen molar-refractivity contribution in [3.63, 3.8) is 0 Å². The van der Waals surface area contributed by atoms with E-state index in [-0.39, 0.29) is 28.2 Å². The van der Waals surface area contributed by atoms with Crippen LogP contribution in [0.3, 0.4) is 0 Å². The van der Waals surface area contributed by atoms with E-state index in [0.29, 0.717) is 39.4 Å². The van der Waals surface area contributed by atoms with Gasteiger partial charge in [0, 0.05) is 38.8 Å². The Hall–Kier alpha value is -1.89. The first-order valence-corrected chi connectivity index (χ1v) is 13.9. The zero-order valence-corrected chi connectivity index (χ0v) is 19.8. The van der Waals surface area contributed by atoms with Gasteiger partial charge in [-0.15, -0.1) is 0 Å². The van der Waals surface area contributed by atoms with Gasteiger partial charge >= 0.3 is 0 Å². The van der Waals surface area contributed by atoms with Crippen molar-refractivity contribution in [2.24, 2.45) is 0 Å². The van der Waals surface area contributed by atoms with Gasteiger partial charge in [-0.2, -0.15) is 4.31 Å². The summed E-state index contributed by atoms with van der Waals surface area (Å²) in [7, 11) is -7.49. The Morgan fingerprint density at radius 3 is 2.03 bits per heavy atom. The molecule has 2 saturated heterocycles. The van der Waals surface area contributed by atoms with Crippen LogP contribution in [-0.4, -0.2) is 72.0 Å². The number of sulfonamides is 2. The maximum Gasteiger partial charge on any atom is 0.243 e. The number of benzene rings is 2. The molecule has 2 aliphatic rings. The summed E-state index contributed by atoms with van der Waals surface area (Å²) in [5, 5.41) is 0. The average molecular weight is 498 g/mol. The lowest BCUT2D eigenvalue weighted by Gasteiger charge is -2.34. The zero-order valence-electron chi connectivity index (χ0n) is 18.2. The normalized spacial score (nSPS) is 19.5. The van der Waals surface area contributed by atoms with Crippen molar-refractivity contribution in [1.82, 2.24) is 13.9 Å². The largest absolute Gasteiger partial charge is 0.379 e. The number of morpholine rings is 1. The highest BCUT2D eigenvalue weighted by atomic mass is 32.2. The van der Waals surface area contributed by atoms with Crippen LogP contribution in [0.5, 0.6) is 0 Å². The number of halogens is 1. The van der Waals surface area contributed by atoms with Crippen LogP contribution in [0.1, 0.15) is 24.4 Å². The van der Waals surface area contributed by atoms with Gasteiger partial charge in [0.05, 0.1) is 23.0 Å². The standard InChI is InChI=1S/C22H28FN3O5S2/c23-19-5-3-18(4-6-19)22(25-13-15-31-16-14-25)17-24-32(27,28)20-7-9-21(10-8-20)33(29,30)26-11-1-2-12-26/h3-10,22,24H,1-2,11-17H2. The number of nitrogens with one attached hydrogen (secondary N) is 1. The molecular weight excluding hydrogens is 469 g/mol. The molecule has 0 spiro atoms. The Balaban J connectivity index is 1.49. The van der Waals surface area contributed by atoms with Crippen molar-refractivity contribution in [3.05, 3.63) is 59.9 Å². The van der Waals surface area contributed by atoms with Crippen molar-refractivity contribution >= 4 is 20.0 Å². The molecule has 0 radical (unpaired) electrons. The second-order valence-electron chi connectivity index (χ2n) is 8.15. The summed E-state index contributed by atoms with van der Waals surface area (Å²) in [5.41, 5.74) is 0.799. The van der Waals surface area contributed by atoms with Crippen molar-refractivity contribution in [2.45, 2.75) is 28.7 Å². The van der Waals surface area contributed by atoms with Crippen LogP contribution in [0, 0.1) is 5.82 Å². The smallest absolute Gasteiger partial charge is 0.243 e. The summed E-state index contributed by atoms with van der Waals surface area (Å²) in [4.78, 5) is 2.17. The van der Waals surface area contributed by atoms with E-state index in [1.807, 2.05) is 0 Å². The summed E-state index contributed by atoms with van der Waals surface area (Å²) in [6, 6.07) is 11.0. The average Bonchev–Trinajstić information content (AvgIpc) is 3.37. The third-order valence-electron chi connectivity index (χ3n) is 6.04. The first-order valence-electron chi connectivity index (χ1n) is 10.9. The minimum atomic E-state index is -3.88. The number of rotatable bonds is 8. The van der Waals surface area contributed by atoms with E-state index in [1.165, 1.54) is 40.7 Å². The van der Waals surface area contributed by atoms with Gasteiger partial charge in [-0.3, -0.25) is 4.90 Å². The molecule has 1 unspecified atom stereocenters. The number of hydrogen-bond acceptors (Lipinski definition) is 6. The fourth-order valence-electron chi connectivity index (χ4n) is 4.17. The lowest BCUT2D eigenvalue weighted by molar-refractivity contribution is 0.0172. The van der Waals surface area contributed by atoms with Gasteiger partial charge in [0.25, 0.3) is 0 Å². The van der Waals surface area contributed by atoms with E-state index in [9.17, 15) is 21.2 Å². The molecule has 180 valence electrons. The van der Waals surface area contributed by atoms with Gasteiger partial charge < -0.3 is 4.74 Å². The van der Waals surface area contributed by atoms with Gasteiger partial charge in [-0.1, -0.05) is 12.1 Å². The molecule has 0 saturated carbocycles. The van der Waals surface area contributed by atoms with Crippen molar-refractivity contribution < 1.29 is 26.0 Å². The Kier molecular flexibility index (Phi) is 7.46. The van der Waals surface area contributed by atoms with Crippen LogP contribution in [0.15, 0.2) is 58.3 Å². The van der Waals surface area contributed by atoms with E-state index >= 15 is 0 Å². The quantitative estimate of drug-likeness (QED) is 0.599. The fourth-order valence-corrected chi connectivity index (χ4v) is 6.73. The second kappa shape index (κ2) is 10.2. The molecule has 2 aromatic rings. The van der Waals surface area contributed by atoms with E-state index in [0.717, 1.165) is 18.4 Å². The Labute approximate surface area is 194 Å². The van der Waals surface area contributed by atoms with E-state index in [1.54, 1.807) is 12.1 Å². The SMILES string of the molecule is O=S(=O)(NCC(c1ccc(F)cc1)N1CCOCC1)c1ccc(S(=O)(=O)N2CCCC2)cc1. The molecule has 0 amide bonds. The Morgan fingerprint density at radius 2 is 1.42 bits per heavy atom. The summed E-state index contributed by atoms with van der Waals surface area (Å²) in [6.07, 6.45) is 1.65. The third kappa shape index (κ3) is 5.61. The Morgan fingerprint density at radius 1 is 0.848 bits per heavy atom. The summed E-state index contributed by atoms with van der Waals surface area (Å²) in [5.74, 6) is -0.357. The first kappa shape index (κ1) is 24.2. The highest BCUT2D eigenvalue weighted by Gasteiger charge is 2.28. The highest BCUT2D eigenvalue weighted by molar-refractivity contribution is 7.89. The van der Waals surface area contributed by atoms with Crippen molar-refractivity contribution in [2.75, 3.05) is 45.9 Å². The van der Waals surface area contributed by atoms with E-state index < -0.39 is 20.0 Å². The van der Waals surface area contributed by atoms with E-state index in [2.05, 4.69) is 9.62 Å². The fraction of sp³-hybridized carbons (Fsp3) is 0.455. The molecule has 2 fully saturated rings. The number of nitrogens with zero attached hydrogens (tertiary/aromatic N) is 2. The molecule has 2 aliphatic heterocycles. The molecule has 1 atom stereocenters. The summed E-state index contributed by atoms with van der Waals surface area (Å²) < 4.78 is 74.1. The molecule has 4 rings (SSSR count). The van der Waals surface area contributed by atoms with Crippen LogP contribution in [0.25, 0.3) is 0 Å². The Bertz CT molecular complexity index is 1140. The van der Waals surface area contributed by atoms with Gasteiger partial charge in [-0.25, -0.2) is 25.9 Å². The van der Waals surface area contributed by atoms with Crippen LogP contribution in [-0.2, 0) is 24.8 Å². The van der Waals surface area contributed by atoms with Crippen molar-refractivity contribution in [3.8, 4) is 0 Å². The monoisotopic (exact) mass is 497 g/mol. The van der Waals surface area contributed by atoms with Gasteiger partial charge in [0.1, 0.15) is 5.82 Å². The van der Waals surface area contributed by atoms with Crippen LogP contribution >= 0.6 is 0 Å². The molecule has 2 heterocycles. The molecule has 0 aliphatic carbocycles. The molecule has 0 aromatic heterocycles. The lowest BCUT2D eigenvalue weighted by atomic mass is 10.0. The predicted octanol–water partition coefficient (Wildman–Crippen LogP) is 1.96. The molecule has 11 heteroatoms.